The third-order valence-corrected chi connectivity index (χ3v) is 15.9. The van der Waals surface area contributed by atoms with E-state index in [0.29, 0.717) is 6.42 Å². The molecule has 7 heteroatoms. The van der Waals surface area contributed by atoms with Gasteiger partial charge in [-0.25, -0.2) is 0 Å². The Morgan fingerprint density at radius 1 is 1.07 bits per heavy atom. The third-order valence-electron chi connectivity index (χ3n) is 6.87. The third kappa shape index (κ3) is 7.16. The molecule has 3 unspecified atom stereocenters. The van der Waals surface area contributed by atoms with Gasteiger partial charge in [-0.1, -0.05) is 48.1 Å². The maximum absolute atomic E-state index is 11.2. The fourth-order valence-electron chi connectivity index (χ4n) is 2.93. The maximum atomic E-state index is 11.2. The summed E-state index contributed by atoms with van der Waals surface area (Å²) in [6.07, 6.45) is 1.45. The van der Waals surface area contributed by atoms with Crippen LogP contribution in [0.15, 0.2) is 23.8 Å². The van der Waals surface area contributed by atoms with Crippen LogP contribution in [0.25, 0.3) is 0 Å². The Hall–Kier alpha value is -0.736. The molecule has 0 aliphatic heterocycles. The molecule has 1 aliphatic carbocycles. The van der Waals surface area contributed by atoms with E-state index in [9.17, 15) is 9.90 Å². The number of carbonyl (C=O) groups is 1. The molecule has 1 aliphatic rings. The van der Waals surface area contributed by atoms with Gasteiger partial charge in [-0.15, -0.1) is 0 Å². The van der Waals surface area contributed by atoms with E-state index in [1.807, 2.05) is 0 Å². The van der Waals surface area contributed by atoms with Crippen molar-refractivity contribution in [2.24, 2.45) is 0 Å². The molecule has 0 aromatic carbocycles. The van der Waals surface area contributed by atoms with Crippen LogP contribution >= 0.6 is 0 Å². The minimum absolute atomic E-state index is 0.0260. The van der Waals surface area contributed by atoms with E-state index in [0.717, 1.165) is 17.6 Å². The van der Waals surface area contributed by atoms with Gasteiger partial charge in [0.15, 0.2) is 16.6 Å². The van der Waals surface area contributed by atoms with Crippen LogP contribution < -0.4 is 0 Å². The van der Waals surface area contributed by atoms with Crippen LogP contribution in [0.2, 0.25) is 36.3 Å². The van der Waals surface area contributed by atoms with Crippen LogP contribution in [-0.2, 0) is 18.4 Å². The van der Waals surface area contributed by atoms with Gasteiger partial charge in [0.05, 0.1) is 12.2 Å². The second kappa shape index (κ2) is 9.40. The molecule has 0 spiro atoms. The van der Waals surface area contributed by atoms with Crippen LogP contribution in [0.3, 0.4) is 0 Å². The Morgan fingerprint density at radius 3 is 1.97 bits per heavy atom. The van der Waals surface area contributed by atoms with Crippen LogP contribution in [0.4, 0.5) is 0 Å². The topological polar surface area (TPSA) is 65.0 Å². The molecule has 0 heterocycles. The number of hydrogen-bond acceptors (Lipinski definition) is 5. The minimum atomic E-state index is -2.03. The van der Waals surface area contributed by atoms with Crippen molar-refractivity contribution in [3.63, 3.8) is 0 Å². The van der Waals surface area contributed by atoms with Crippen molar-refractivity contribution in [3.8, 4) is 0 Å². The maximum Gasteiger partial charge on any atom is 0.305 e. The van der Waals surface area contributed by atoms with E-state index in [1.54, 1.807) is 6.08 Å². The van der Waals surface area contributed by atoms with Crippen molar-refractivity contribution in [3.05, 3.63) is 23.8 Å². The summed E-state index contributed by atoms with van der Waals surface area (Å²) in [5.41, 5.74) is 1.70. The van der Waals surface area contributed by atoms with Crippen molar-refractivity contribution in [2.75, 3.05) is 0 Å². The highest BCUT2D eigenvalue weighted by molar-refractivity contribution is 6.74. The fraction of sp³-hybridized carbons (Fsp3) is 0.783. The minimum Gasteiger partial charge on any atom is -0.432 e. The van der Waals surface area contributed by atoms with Gasteiger partial charge in [-0.3, -0.25) is 4.79 Å². The SMILES string of the molecule is C=C1/C(=C/C(O)OC(C)=O)CC(O[Si](C)(C)C(C)(C)C)CC1O[Si](C)(C)C(C)(C)C. The van der Waals surface area contributed by atoms with Gasteiger partial charge in [-0.2, -0.15) is 0 Å². The molecule has 0 saturated heterocycles. The summed E-state index contributed by atoms with van der Waals surface area (Å²) in [5, 5.41) is 10.3. The average Bonchev–Trinajstić information content (AvgIpc) is 2.47. The molecular weight excluding hydrogens is 412 g/mol. The molecule has 1 saturated carbocycles. The summed E-state index contributed by atoms with van der Waals surface area (Å²) in [6.45, 7) is 27.9. The molecule has 30 heavy (non-hydrogen) atoms. The number of ether oxygens (including phenoxy) is 1. The van der Waals surface area contributed by atoms with Gasteiger partial charge in [-0.05, 0) is 59.9 Å². The average molecular weight is 457 g/mol. The first kappa shape index (κ1) is 27.3. The summed E-state index contributed by atoms with van der Waals surface area (Å²) < 4.78 is 18.4. The molecule has 174 valence electrons. The van der Waals surface area contributed by atoms with Crippen molar-refractivity contribution >= 4 is 22.6 Å². The van der Waals surface area contributed by atoms with Crippen LogP contribution in [0.1, 0.15) is 61.3 Å². The van der Waals surface area contributed by atoms with Crippen molar-refractivity contribution in [1.29, 1.82) is 0 Å². The normalized spacial score (nSPS) is 24.1. The Labute approximate surface area is 186 Å². The van der Waals surface area contributed by atoms with Gasteiger partial charge in [0.1, 0.15) is 0 Å². The summed E-state index contributed by atoms with van der Waals surface area (Å²) in [7, 11) is -4.02. The lowest BCUT2D eigenvalue weighted by Gasteiger charge is -2.45. The second-order valence-electron chi connectivity index (χ2n) is 11.5. The molecule has 1 rings (SSSR count). The first-order valence-electron chi connectivity index (χ1n) is 10.9. The molecule has 0 bridgehead atoms. The number of hydrogen-bond donors (Lipinski definition) is 1. The molecule has 5 nitrogen and oxygen atoms in total. The largest absolute Gasteiger partial charge is 0.432 e. The highest BCUT2D eigenvalue weighted by atomic mass is 28.4. The van der Waals surface area contributed by atoms with Gasteiger partial charge >= 0.3 is 5.97 Å². The number of aliphatic hydroxyl groups is 1. The van der Waals surface area contributed by atoms with Gasteiger partial charge in [0.2, 0.25) is 6.29 Å². The van der Waals surface area contributed by atoms with Gasteiger partial charge < -0.3 is 18.7 Å². The molecule has 0 aromatic rings. The first-order valence-corrected chi connectivity index (χ1v) is 16.7. The van der Waals surface area contributed by atoms with E-state index in [-0.39, 0.29) is 22.3 Å². The monoisotopic (exact) mass is 456 g/mol. The predicted octanol–water partition coefficient (Wildman–Crippen LogP) is 5.93. The van der Waals surface area contributed by atoms with Crippen molar-refractivity contribution in [1.82, 2.24) is 0 Å². The van der Waals surface area contributed by atoms with E-state index in [2.05, 4.69) is 74.3 Å². The molecule has 0 aromatic heterocycles. The molecule has 3 atom stereocenters. The Bertz CT molecular complexity index is 668. The number of rotatable bonds is 6. The number of aliphatic hydroxyl groups excluding tert-OH is 1. The van der Waals surface area contributed by atoms with E-state index in [4.69, 9.17) is 13.6 Å². The van der Waals surface area contributed by atoms with Crippen molar-refractivity contribution in [2.45, 2.75) is 116 Å². The lowest BCUT2D eigenvalue weighted by atomic mass is 9.86. The Morgan fingerprint density at radius 2 is 1.53 bits per heavy atom. The molecular formula is C23H44O5Si2. The summed E-state index contributed by atoms with van der Waals surface area (Å²) >= 11 is 0. The lowest BCUT2D eigenvalue weighted by molar-refractivity contribution is -0.157. The standard InChI is InChI=1S/C23H44O5Si2/c1-16-18(14-21(25)26-17(2)24)13-19(27-29(9,10)22(3,4)5)15-20(16)28-30(11,12)23(6,7)8/h14,19-21,25H,1,13,15H2,2-12H3/b18-14+. The zero-order valence-corrected chi connectivity index (χ0v) is 23.0. The predicted molar refractivity (Wildman–Crippen MR) is 128 cm³/mol. The highest BCUT2D eigenvalue weighted by Crippen LogP contribution is 2.44. The molecule has 0 radical (unpaired) electrons. The summed E-state index contributed by atoms with van der Waals surface area (Å²) in [6, 6.07) is 0. The first-order chi connectivity index (χ1) is 13.3. The van der Waals surface area contributed by atoms with Crippen LogP contribution in [0, 0.1) is 0 Å². The van der Waals surface area contributed by atoms with E-state index < -0.39 is 28.9 Å². The van der Waals surface area contributed by atoms with E-state index >= 15 is 0 Å². The van der Waals surface area contributed by atoms with Crippen molar-refractivity contribution < 1.29 is 23.5 Å². The second-order valence-corrected chi connectivity index (χ2v) is 21.0. The number of carbonyl (C=O) groups excluding carboxylic acids is 1. The summed E-state index contributed by atoms with van der Waals surface area (Å²) in [4.78, 5) is 11.2. The molecule has 1 fully saturated rings. The zero-order chi connectivity index (χ0) is 23.7. The van der Waals surface area contributed by atoms with Gasteiger partial charge in [0, 0.05) is 13.3 Å². The number of esters is 1. The summed E-state index contributed by atoms with van der Waals surface area (Å²) in [5.74, 6) is -0.524. The molecule has 0 amide bonds. The lowest BCUT2D eigenvalue weighted by Crippen LogP contribution is -2.49. The van der Waals surface area contributed by atoms with Gasteiger partial charge in [0.25, 0.3) is 0 Å². The van der Waals surface area contributed by atoms with Crippen LogP contribution in [-0.4, -0.2) is 46.2 Å². The fourth-order valence-corrected chi connectivity index (χ4v) is 5.60. The smallest absolute Gasteiger partial charge is 0.305 e. The Kier molecular flexibility index (Phi) is 8.56. The quantitative estimate of drug-likeness (QED) is 0.305. The highest BCUT2D eigenvalue weighted by Gasteiger charge is 2.44. The van der Waals surface area contributed by atoms with E-state index in [1.165, 1.54) is 6.92 Å². The Balaban J connectivity index is 3.23. The van der Waals surface area contributed by atoms with Crippen LogP contribution in [0.5, 0.6) is 0 Å². The zero-order valence-electron chi connectivity index (χ0n) is 21.0. The molecule has 1 N–H and O–H groups in total.